The Morgan fingerprint density at radius 1 is 1.30 bits per heavy atom. The van der Waals surface area contributed by atoms with Crippen LogP contribution in [0.15, 0.2) is 33.7 Å². The molecule has 0 aliphatic heterocycles. The van der Waals surface area contributed by atoms with Crippen molar-refractivity contribution in [1.29, 1.82) is 0 Å². The number of rotatable bonds is 8. The van der Waals surface area contributed by atoms with E-state index in [-0.39, 0.29) is 54.3 Å². The molecule has 0 aliphatic carbocycles. The minimum absolute atomic E-state index is 0. The number of aliphatic hydroxyl groups is 1. The summed E-state index contributed by atoms with van der Waals surface area (Å²) >= 11 is 0. The minimum atomic E-state index is -3.07. The van der Waals surface area contributed by atoms with Crippen molar-refractivity contribution in [1.82, 2.24) is 10.6 Å². The lowest BCUT2D eigenvalue weighted by Gasteiger charge is -2.24. The van der Waals surface area contributed by atoms with Gasteiger partial charge in [0.1, 0.15) is 28.7 Å². The summed E-state index contributed by atoms with van der Waals surface area (Å²) in [6.07, 6.45) is 0. The maximum absolute atomic E-state index is 14.1. The molecule has 0 saturated heterocycles. The fourth-order valence-electron chi connectivity index (χ4n) is 2.92. The van der Waals surface area contributed by atoms with Crippen LogP contribution < -0.4 is 15.4 Å². The molecule has 2 aromatic rings. The summed E-state index contributed by atoms with van der Waals surface area (Å²) in [5.41, 5.74) is -0.696. The van der Waals surface area contributed by atoms with Crippen LogP contribution in [0.1, 0.15) is 36.5 Å². The molecule has 168 valence electrons. The van der Waals surface area contributed by atoms with Crippen LogP contribution in [0.2, 0.25) is 0 Å². The number of hydrogen-bond donors (Lipinski definition) is 3. The van der Waals surface area contributed by atoms with E-state index < -0.39 is 18.0 Å². The van der Waals surface area contributed by atoms with Gasteiger partial charge in [-0.1, -0.05) is 6.07 Å². The maximum Gasteiger partial charge on any atom is 0.387 e. The predicted molar refractivity (Wildman–Crippen MR) is 119 cm³/mol. The molecular formula is C20H27F3IN3O3. The van der Waals surface area contributed by atoms with Crippen LogP contribution in [-0.4, -0.2) is 30.8 Å². The smallest absolute Gasteiger partial charge is 0.387 e. The van der Waals surface area contributed by atoms with Gasteiger partial charge in [0.25, 0.3) is 0 Å². The third-order valence-electron chi connectivity index (χ3n) is 4.25. The molecule has 0 aliphatic rings. The van der Waals surface area contributed by atoms with Crippen LogP contribution in [0, 0.1) is 19.7 Å². The van der Waals surface area contributed by atoms with Gasteiger partial charge in [-0.3, -0.25) is 0 Å². The Morgan fingerprint density at radius 3 is 2.57 bits per heavy atom. The average Bonchev–Trinajstić information content (AvgIpc) is 2.97. The Bertz CT molecular complexity index is 857. The first kappa shape index (κ1) is 26.1. The van der Waals surface area contributed by atoms with E-state index in [1.807, 2.05) is 6.92 Å². The zero-order chi connectivity index (χ0) is 21.6. The summed E-state index contributed by atoms with van der Waals surface area (Å²) < 4.78 is 49.1. The van der Waals surface area contributed by atoms with Crippen molar-refractivity contribution >= 4 is 29.9 Å². The molecule has 6 nitrogen and oxygen atoms in total. The molecule has 0 radical (unpaired) electrons. The summed E-state index contributed by atoms with van der Waals surface area (Å²) in [4.78, 5) is 4.23. The maximum atomic E-state index is 14.1. The number of nitrogens with zero attached hydrogens (tertiary/aromatic N) is 1. The minimum Gasteiger partial charge on any atom is -0.466 e. The van der Waals surface area contributed by atoms with Gasteiger partial charge in [-0.05, 0) is 45.9 Å². The number of benzene rings is 1. The van der Waals surface area contributed by atoms with E-state index in [0.29, 0.717) is 23.6 Å². The number of ether oxygens (including phenoxy) is 1. The second-order valence-corrected chi connectivity index (χ2v) is 6.74. The lowest BCUT2D eigenvalue weighted by Crippen LogP contribution is -2.44. The van der Waals surface area contributed by atoms with Gasteiger partial charge in [0.05, 0.1) is 18.7 Å². The van der Waals surface area contributed by atoms with Gasteiger partial charge in [-0.25, -0.2) is 9.38 Å². The third kappa shape index (κ3) is 7.08. The number of guanidine groups is 1. The fraction of sp³-hybridized carbons (Fsp3) is 0.450. The SMILES string of the molecule is CCNC(=NCc1c(F)cccc1OC(F)F)NCC(C)(O)c1cc(C)oc1C.I. The first-order valence-electron chi connectivity index (χ1n) is 9.18. The Hall–Kier alpha value is -1.95. The lowest BCUT2D eigenvalue weighted by atomic mass is 9.96. The Labute approximate surface area is 190 Å². The molecule has 0 saturated carbocycles. The topological polar surface area (TPSA) is 79.0 Å². The van der Waals surface area contributed by atoms with Crippen LogP contribution in [0.5, 0.6) is 5.75 Å². The number of aryl methyl sites for hydroxylation is 2. The lowest BCUT2D eigenvalue weighted by molar-refractivity contribution is -0.0506. The van der Waals surface area contributed by atoms with E-state index in [0.717, 1.165) is 6.07 Å². The van der Waals surface area contributed by atoms with E-state index in [2.05, 4.69) is 20.4 Å². The second-order valence-electron chi connectivity index (χ2n) is 6.74. The van der Waals surface area contributed by atoms with E-state index in [1.54, 1.807) is 26.8 Å². The Kier molecular flexibility index (Phi) is 9.95. The zero-order valence-electron chi connectivity index (χ0n) is 17.3. The number of nitrogens with one attached hydrogen (secondary N) is 2. The van der Waals surface area contributed by atoms with Gasteiger partial charge in [-0.2, -0.15) is 8.78 Å². The summed E-state index contributed by atoms with van der Waals surface area (Å²) in [6.45, 7) is 4.34. The number of alkyl halides is 2. The largest absolute Gasteiger partial charge is 0.466 e. The summed E-state index contributed by atoms with van der Waals surface area (Å²) in [7, 11) is 0. The monoisotopic (exact) mass is 541 g/mol. The van der Waals surface area contributed by atoms with Crippen molar-refractivity contribution in [3.05, 3.63) is 52.7 Å². The highest BCUT2D eigenvalue weighted by molar-refractivity contribution is 14.0. The van der Waals surface area contributed by atoms with Crippen molar-refractivity contribution in [2.75, 3.05) is 13.1 Å². The summed E-state index contributed by atoms with van der Waals surface area (Å²) in [6, 6.07) is 5.46. The van der Waals surface area contributed by atoms with Gasteiger partial charge in [0.2, 0.25) is 0 Å². The first-order valence-corrected chi connectivity index (χ1v) is 9.18. The molecular weight excluding hydrogens is 514 g/mol. The van der Waals surface area contributed by atoms with Gasteiger partial charge in [-0.15, -0.1) is 24.0 Å². The highest BCUT2D eigenvalue weighted by Crippen LogP contribution is 2.27. The molecule has 2 rings (SSSR count). The predicted octanol–water partition coefficient (Wildman–Crippen LogP) is 4.22. The number of aliphatic imine (C=N–C) groups is 1. The quantitative estimate of drug-likeness (QED) is 0.265. The molecule has 1 heterocycles. The number of furan rings is 1. The molecule has 0 spiro atoms. The summed E-state index contributed by atoms with van der Waals surface area (Å²) in [5.74, 6) is 0.619. The molecule has 30 heavy (non-hydrogen) atoms. The first-order chi connectivity index (χ1) is 13.6. The van der Waals surface area contributed by atoms with Gasteiger partial charge in [0.15, 0.2) is 5.96 Å². The Morgan fingerprint density at radius 2 is 2.00 bits per heavy atom. The van der Waals surface area contributed by atoms with Crippen molar-refractivity contribution in [2.24, 2.45) is 4.99 Å². The van der Waals surface area contributed by atoms with E-state index in [4.69, 9.17) is 4.42 Å². The van der Waals surface area contributed by atoms with Gasteiger partial charge in [0, 0.05) is 12.1 Å². The molecule has 0 amide bonds. The second kappa shape index (κ2) is 11.4. The molecule has 1 unspecified atom stereocenters. The van der Waals surface area contributed by atoms with Crippen LogP contribution in [0.3, 0.4) is 0 Å². The number of halogens is 4. The van der Waals surface area contributed by atoms with E-state index in [1.165, 1.54) is 12.1 Å². The molecule has 0 fully saturated rings. The van der Waals surface area contributed by atoms with Crippen LogP contribution in [0.4, 0.5) is 13.2 Å². The van der Waals surface area contributed by atoms with Crippen molar-refractivity contribution in [2.45, 2.75) is 46.5 Å². The molecule has 1 aromatic carbocycles. The van der Waals surface area contributed by atoms with Crippen molar-refractivity contribution in [3.8, 4) is 5.75 Å². The van der Waals surface area contributed by atoms with Gasteiger partial charge >= 0.3 is 6.61 Å². The van der Waals surface area contributed by atoms with Crippen LogP contribution in [0.25, 0.3) is 0 Å². The Balaban J connectivity index is 0.00000450. The highest BCUT2D eigenvalue weighted by Gasteiger charge is 2.28. The average molecular weight is 541 g/mol. The van der Waals surface area contributed by atoms with Gasteiger partial charge < -0.3 is 24.9 Å². The molecule has 0 bridgehead atoms. The van der Waals surface area contributed by atoms with Crippen LogP contribution in [-0.2, 0) is 12.1 Å². The third-order valence-corrected chi connectivity index (χ3v) is 4.25. The summed E-state index contributed by atoms with van der Waals surface area (Å²) in [5, 5.41) is 16.8. The van der Waals surface area contributed by atoms with Crippen molar-refractivity contribution < 1.29 is 27.4 Å². The number of hydrogen-bond acceptors (Lipinski definition) is 4. The van der Waals surface area contributed by atoms with E-state index in [9.17, 15) is 18.3 Å². The molecule has 10 heteroatoms. The molecule has 3 N–H and O–H groups in total. The normalized spacial score (nSPS) is 13.6. The molecule has 1 aromatic heterocycles. The highest BCUT2D eigenvalue weighted by atomic mass is 127. The van der Waals surface area contributed by atoms with Crippen molar-refractivity contribution in [3.63, 3.8) is 0 Å². The standard InChI is InChI=1S/C20H26F3N3O3.HI/c1-5-24-19(26-11-20(4,27)15-9-12(2)28-13(15)3)25-10-14-16(21)7-6-8-17(14)29-18(22)23;/h6-9,18,27H,5,10-11H2,1-4H3,(H2,24,25,26);1H. The fourth-order valence-corrected chi connectivity index (χ4v) is 2.92. The van der Waals surface area contributed by atoms with Crippen LogP contribution >= 0.6 is 24.0 Å². The molecule has 1 atom stereocenters. The zero-order valence-corrected chi connectivity index (χ0v) is 19.6. The van der Waals surface area contributed by atoms with E-state index >= 15 is 0 Å².